The highest BCUT2D eigenvalue weighted by Gasteiger charge is 2.24. The lowest BCUT2D eigenvalue weighted by molar-refractivity contribution is 0.0747. The molecule has 22 heavy (non-hydrogen) atoms. The number of amides is 1. The fraction of sp³-hybridized carbons (Fsp3) is 0.250. The molecular formula is C16H17ClN4O. The second kappa shape index (κ2) is 6.23. The lowest BCUT2D eigenvalue weighted by Gasteiger charge is -2.36. The van der Waals surface area contributed by atoms with Crippen molar-refractivity contribution in [1.82, 2.24) is 9.88 Å². The quantitative estimate of drug-likeness (QED) is 0.923. The Balaban J connectivity index is 1.68. The monoisotopic (exact) mass is 316 g/mol. The van der Waals surface area contributed by atoms with Crippen molar-refractivity contribution in [3.63, 3.8) is 0 Å². The molecular weight excluding hydrogens is 300 g/mol. The number of anilines is 2. The smallest absolute Gasteiger partial charge is 0.257 e. The van der Waals surface area contributed by atoms with E-state index >= 15 is 0 Å². The van der Waals surface area contributed by atoms with Crippen LogP contribution in [0.5, 0.6) is 0 Å². The van der Waals surface area contributed by atoms with Gasteiger partial charge in [0.15, 0.2) is 0 Å². The average Bonchev–Trinajstić information content (AvgIpc) is 2.55. The van der Waals surface area contributed by atoms with Gasteiger partial charge >= 0.3 is 0 Å². The molecule has 1 aliphatic rings. The van der Waals surface area contributed by atoms with Crippen LogP contribution < -0.4 is 10.6 Å². The molecule has 1 aromatic heterocycles. The summed E-state index contributed by atoms with van der Waals surface area (Å²) in [6.45, 7) is 2.77. The number of nitrogens with zero attached hydrogens (tertiary/aromatic N) is 3. The molecule has 0 saturated carbocycles. The number of pyridine rings is 1. The Kier molecular flexibility index (Phi) is 4.15. The molecule has 0 bridgehead atoms. The highest BCUT2D eigenvalue weighted by Crippen LogP contribution is 2.26. The van der Waals surface area contributed by atoms with Crippen molar-refractivity contribution in [3.05, 3.63) is 53.2 Å². The van der Waals surface area contributed by atoms with E-state index in [0.29, 0.717) is 18.7 Å². The fourth-order valence-electron chi connectivity index (χ4n) is 2.63. The molecule has 2 heterocycles. The van der Waals surface area contributed by atoms with Gasteiger partial charge in [-0.3, -0.25) is 4.79 Å². The Hall–Kier alpha value is -2.27. The molecule has 1 saturated heterocycles. The van der Waals surface area contributed by atoms with Crippen molar-refractivity contribution in [2.24, 2.45) is 0 Å². The van der Waals surface area contributed by atoms with E-state index in [1.54, 1.807) is 23.2 Å². The third kappa shape index (κ3) is 2.85. The summed E-state index contributed by atoms with van der Waals surface area (Å²) in [4.78, 5) is 20.5. The van der Waals surface area contributed by atoms with Crippen LogP contribution in [0.4, 0.5) is 11.5 Å². The molecule has 5 nitrogen and oxygen atoms in total. The molecule has 1 fully saturated rings. The van der Waals surface area contributed by atoms with Crippen LogP contribution in [0.15, 0.2) is 42.6 Å². The zero-order valence-corrected chi connectivity index (χ0v) is 12.8. The maximum atomic E-state index is 12.5. The lowest BCUT2D eigenvalue weighted by atomic mass is 10.2. The first-order valence-electron chi connectivity index (χ1n) is 7.16. The number of carbonyl (C=O) groups excluding carboxylic acids is 1. The average molecular weight is 317 g/mol. The molecule has 0 unspecified atom stereocenters. The molecule has 2 N–H and O–H groups in total. The van der Waals surface area contributed by atoms with Gasteiger partial charge in [0.1, 0.15) is 5.82 Å². The second-order valence-corrected chi connectivity index (χ2v) is 5.57. The molecule has 114 valence electrons. The Morgan fingerprint density at radius 3 is 2.50 bits per heavy atom. The van der Waals surface area contributed by atoms with Crippen LogP contribution >= 0.6 is 11.6 Å². The van der Waals surface area contributed by atoms with E-state index in [2.05, 4.69) is 9.88 Å². The third-order valence-electron chi connectivity index (χ3n) is 3.83. The van der Waals surface area contributed by atoms with Gasteiger partial charge in [-0.05, 0) is 24.3 Å². The molecule has 1 aromatic carbocycles. The van der Waals surface area contributed by atoms with Crippen LogP contribution in [0.3, 0.4) is 0 Å². The van der Waals surface area contributed by atoms with E-state index in [0.717, 1.165) is 23.8 Å². The molecule has 6 heteroatoms. The molecule has 3 rings (SSSR count). The van der Waals surface area contributed by atoms with Crippen LogP contribution in [0.2, 0.25) is 5.02 Å². The maximum Gasteiger partial charge on any atom is 0.257 e. The molecule has 1 amide bonds. The zero-order valence-electron chi connectivity index (χ0n) is 12.1. The van der Waals surface area contributed by atoms with Gasteiger partial charge in [0.25, 0.3) is 5.91 Å². The highest BCUT2D eigenvalue weighted by molar-refractivity contribution is 6.33. The van der Waals surface area contributed by atoms with E-state index in [4.69, 9.17) is 17.3 Å². The lowest BCUT2D eigenvalue weighted by Crippen LogP contribution is -2.49. The summed E-state index contributed by atoms with van der Waals surface area (Å²) in [7, 11) is 0. The van der Waals surface area contributed by atoms with Crippen LogP contribution in [0.1, 0.15) is 10.4 Å². The number of halogens is 1. The van der Waals surface area contributed by atoms with Gasteiger partial charge in [0.05, 0.1) is 16.3 Å². The molecule has 2 aromatic rings. The first kappa shape index (κ1) is 14.7. The first-order valence-corrected chi connectivity index (χ1v) is 7.54. The highest BCUT2D eigenvalue weighted by atomic mass is 35.5. The molecule has 0 aliphatic carbocycles. The van der Waals surface area contributed by atoms with Gasteiger partial charge in [-0.2, -0.15) is 0 Å². The van der Waals surface area contributed by atoms with Crippen LogP contribution in [0.25, 0.3) is 0 Å². The van der Waals surface area contributed by atoms with Crippen molar-refractivity contribution in [2.45, 2.75) is 0 Å². The van der Waals surface area contributed by atoms with E-state index in [9.17, 15) is 4.79 Å². The number of carbonyl (C=O) groups is 1. The minimum atomic E-state index is -0.0654. The number of para-hydroxylation sites is 1. The van der Waals surface area contributed by atoms with E-state index in [-0.39, 0.29) is 11.7 Å². The summed E-state index contributed by atoms with van der Waals surface area (Å²) >= 11 is 6.23. The molecule has 0 radical (unpaired) electrons. The minimum Gasteiger partial charge on any atom is -0.383 e. The standard InChI is InChI=1S/C16H17ClN4O/c17-13-5-1-2-6-14(13)20-8-10-21(11-9-20)16(22)12-4-3-7-19-15(12)18/h1-7H,8-11H2,(H2,18,19). The largest absolute Gasteiger partial charge is 0.383 e. The van der Waals surface area contributed by atoms with Crippen LogP contribution in [-0.4, -0.2) is 42.0 Å². The van der Waals surface area contributed by atoms with Gasteiger partial charge in [-0.1, -0.05) is 23.7 Å². The van der Waals surface area contributed by atoms with Crippen molar-refractivity contribution in [1.29, 1.82) is 0 Å². The number of nitrogen functional groups attached to an aromatic ring is 1. The van der Waals surface area contributed by atoms with E-state index in [1.807, 2.05) is 24.3 Å². The second-order valence-electron chi connectivity index (χ2n) is 5.17. The summed E-state index contributed by atoms with van der Waals surface area (Å²) in [6.07, 6.45) is 1.58. The van der Waals surface area contributed by atoms with Crippen LogP contribution in [0, 0.1) is 0 Å². The minimum absolute atomic E-state index is 0.0654. The zero-order chi connectivity index (χ0) is 15.5. The summed E-state index contributed by atoms with van der Waals surface area (Å²) in [6, 6.07) is 11.2. The normalized spacial score (nSPS) is 15.0. The van der Waals surface area contributed by atoms with Gasteiger partial charge in [0, 0.05) is 32.4 Å². The first-order chi connectivity index (χ1) is 10.7. The van der Waals surface area contributed by atoms with E-state index < -0.39 is 0 Å². The maximum absolute atomic E-state index is 12.5. The van der Waals surface area contributed by atoms with Gasteiger partial charge in [-0.15, -0.1) is 0 Å². The number of rotatable bonds is 2. The molecule has 0 atom stereocenters. The number of hydrogen-bond donors (Lipinski definition) is 1. The number of benzene rings is 1. The van der Waals surface area contributed by atoms with Crippen LogP contribution in [-0.2, 0) is 0 Å². The summed E-state index contributed by atoms with van der Waals surface area (Å²) in [5, 5.41) is 0.735. The number of nitrogens with two attached hydrogens (primary N) is 1. The summed E-state index contributed by atoms with van der Waals surface area (Å²) < 4.78 is 0. The Bertz CT molecular complexity index is 683. The van der Waals surface area contributed by atoms with Gasteiger partial charge in [0.2, 0.25) is 0 Å². The predicted molar refractivity (Wildman–Crippen MR) is 88.2 cm³/mol. The molecule has 1 aliphatic heterocycles. The van der Waals surface area contributed by atoms with Crippen molar-refractivity contribution in [2.75, 3.05) is 36.8 Å². The van der Waals surface area contributed by atoms with Gasteiger partial charge < -0.3 is 15.5 Å². The summed E-state index contributed by atoms with van der Waals surface area (Å²) in [5.41, 5.74) is 7.26. The Morgan fingerprint density at radius 1 is 1.09 bits per heavy atom. The van der Waals surface area contributed by atoms with Gasteiger partial charge in [-0.25, -0.2) is 4.98 Å². The Labute approximate surface area is 134 Å². The third-order valence-corrected chi connectivity index (χ3v) is 4.15. The number of aromatic nitrogens is 1. The van der Waals surface area contributed by atoms with Crippen molar-refractivity contribution >= 4 is 29.0 Å². The van der Waals surface area contributed by atoms with Crippen molar-refractivity contribution < 1.29 is 4.79 Å². The molecule has 0 spiro atoms. The number of piperazine rings is 1. The fourth-order valence-corrected chi connectivity index (χ4v) is 2.88. The Morgan fingerprint density at radius 2 is 1.82 bits per heavy atom. The topological polar surface area (TPSA) is 62.5 Å². The SMILES string of the molecule is Nc1ncccc1C(=O)N1CCN(c2ccccc2Cl)CC1. The number of hydrogen-bond acceptors (Lipinski definition) is 4. The summed E-state index contributed by atoms with van der Waals surface area (Å²) in [5.74, 6) is 0.213. The van der Waals surface area contributed by atoms with Crippen molar-refractivity contribution in [3.8, 4) is 0 Å². The predicted octanol–water partition coefficient (Wildman–Crippen LogP) is 2.28. The van der Waals surface area contributed by atoms with E-state index in [1.165, 1.54) is 0 Å².